The van der Waals surface area contributed by atoms with E-state index >= 15 is 0 Å². The van der Waals surface area contributed by atoms with Crippen molar-refractivity contribution in [2.75, 3.05) is 0 Å². The van der Waals surface area contributed by atoms with Gasteiger partial charge in [-0.2, -0.15) is 0 Å². The normalized spacial score (nSPS) is 10.7. The Bertz CT molecular complexity index is 588. The van der Waals surface area contributed by atoms with Crippen molar-refractivity contribution in [3.8, 4) is 0 Å². The number of carboxylic acids is 2. The van der Waals surface area contributed by atoms with Crippen LogP contribution >= 0.6 is 0 Å². The van der Waals surface area contributed by atoms with Crippen molar-refractivity contribution in [2.24, 2.45) is 0 Å². The number of aliphatic carboxylic acids is 2. The van der Waals surface area contributed by atoms with Gasteiger partial charge in [-0.3, -0.25) is 9.59 Å². The second kappa shape index (κ2) is 45.4. The molecule has 0 saturated carbocycles. The predicted octanol–water partition coefficient (Wildman–Crippen LogP) is 9.33. The SMILES string of the molecule is CCCCC/C=C\C/C=C\CCCCCCCC(=O)O.CCCCCCCCCCCCCCCCCC(=O)O.[Fe].[H-].[Na+]. The summed E-state index contributed by atoms with van der Waals surface area (Å²) in [5.74, 6) is -1.32. The van der Waals surface area contributed by atoms with Gasteiger partial charge in [-0.1, -0.05) is 160 Å². The fraction of sp³-hybridized carbons (Fsp3) is 0.833. The first kappa shape index (κ1) is 48.8. The Hall–Kier alpha value is -0.0605. The van der Waals surface area contributed by atoms with Gasteiger partial charge in [0.15, 0.2) is 0 Å². The standard InChI is InChI=1S/C18H36O2.C18H32O2.Fe.Na.H/c2*1-2-3-4-5-6-7-8-9-10-11-12-13-14-15-16-17-18(19)20;;;/h2-17H2,1H3,(H,19,20);6-7,9-10H,2-5,8,11-17H2,1H3,(H,19,20);;;/q;;;+1;-1/b;7-6-,10-9-;;;. The summed E-state index contributed by atoms with van der Waals surface area (Å²) in [4.78, 5) is 20.7. The summed E-state index contributed by atoms with van der Waals surface area (Å²) < 4.78 is 0. The molecule has 0 aliphatic rings. The van der Waals surface area contributed by atoms with Gasteiger partial charge in [-0.05, 0) is 44.9 Å². The van der Waals surface area contributed by atoms with Crippen LogP contribution in [0.3, 0.4) is 0 Å². The third-order valence-corrected chi connectivity index (χ3v) is 7.34. The molecule has 0 aromatic carbocycles. The van der Waals surface area contributed by atoms with E-state index < -0.39 is 11.9 Å². The maximum Gasteiger partial charge on any atom is 1.00 e. The number of hydrogen-bond acceptors (Lipinski definition) is 2. The largest absolute Gasteiger partial charge is 1.00 e. The molecule has 0 aliphatic carbocycles. The van der Waals surface area contributed by atoms with Crippen molar-refractivity contribution in [1.29, 1.82) is 0 Å². The van der Waals surface area contributed by atoms with E-state index in [1.807, 2.05) is 0 Å². The van der Waals surface area contributed by atoms with Gasteiger partial charge < -0.3 is 11.6 Å². The molecular weight excluding hydrogens is 575 g/mol. The fourth-order valence-electron chi connectivity index (χ4n) is 4.74. The van der Waals surface area contributed by atoms with Gasteiger partial charge in [0.2, 0.25) is 0 Å². The summed E-state index contributed by atoms with van der Waals surface area (Å²) in [5.41, 5.74) is 0. The minimum absolute atomic E-state index is 0. The molecule has 0 saturated heterocycles. The molecule has 6 heteroatoms. The molecule has 0 bridgehead atoms. The molecule has 0 heterocycles. The summed E-state index contributed by atoms with van der Waals surface area (Å²) >= 11 is 0. The average molecular weight is 645 g/mol. The van der Waals surface area contributed by atoms with Gasteiger partial charge in [-0.15, -0.1) is 0 Å². The number of hydrogen-bond donors (Lipinski definition) is 2. The van der Waals surface area contributed by atoms with Gasteiger partial charge in [0.1, 0.15) is 0 Å². The van der Waals surface area contributed by atoms with Crippen molar-refractivity contribution in [2.45, 2.75) is 194 Å². The second-order valence-corrected chi connectivity index (χ2v) is 11.5. The van der Waals surface area contributed by atoms with E-state index in [-0.39, 0.29) is 48.1 Å². The van der Waals surface area contributed by atoms with Gasteiger partial charge in [0.25, 0.3) is 0 Å². The Morgan fingerprint density at radius 1 is 0.452 bits per heavy atom. The van der Waals surface area contributed by atoms with Crippen LogP contribution in [-0.4, -0.2) is 22.2 Å². The Kier molecular flexibility index (Phi) is 52.8. The minimum Gasteiger partial charge on any atom is -1.00 e. The quantitative estimate of drug-likeness (QED) is 0.0464. The molecule has 246 valence electrons. The van der Waals surface area contributed by atoms with Crippen LogP contribution in [-0.2, 0) is 26.7 Å². The Morgan fingerprint density at radius 2 is 0.714 bits per heavy atom. The van der Waals surface area contributed by atoms with Crippen LogP contribution in [0.1, 0.15) is 195 Å². The summed E-state index contributed by atoms with van der Waals surface area (Å²) in [6, 6.07) is 0. The van der Waals surface area contributed by atoms with Gasteiger partial charge >= 0.3 is 41.5 Å². The first-order chi connectivity index (χ1) is 19.5. The third kappa shape index (κ3) is 52.6. The average Bonchev–Trinajstić information content (AvgIpc) is 2.93. The molecule has 2 N–H and O–H groups in total. The molecule has 0 rings (SSSR count). The summed E-state index contributed by atoms with van der Waals surface area (Å²) in [6.07, 6.45) is 42.5. The zero-order valence-corrected chi connectivity index (χ0v) is 31.3. The van der Waals surface area contributed by atoms with Crippen molar-refractivity contribution in [1.82, 2.24) is 0 Å². The number of rotatable bonds is 30. The summed E-state index contributed by atoms with van der Waals surface area (Å²) in [6.45, 7) is 4.50. The number of carbonyl (C=O) groups is 2. The topological polar surface area (TPSA) is 74.6 Å². The zero-order valence-electron chi connectivity index (χ0n) is 29.2. The van der Waals surface area contributed by atoms with Crippen molar-refractivity contribution < 1.29 is 67.9 Å². The molecule has 0 spiro atoms. The molecule has 0 amide bonds. The van der Waals surface area contributed by atoms with E-state index in [1.54, 1.807) is 0 Å². The third-order valence-electron chi connectivity index (χ3n) is 7.34. The first-order valence-corrected chi connectivity index (χ1v) is 17.3. The van der Waals surface area contributed by atoms with Gasteiger partial charge in [-0.25, -0.2) is 0 Å². The molecule has 4 nitrogen and oxygen atoms in total. The van der Waals surface area contributed by atoms with Crippen molar-refractivity contribution >= 4 is 11.9 Å². The van der Waals surface area contributed by atoms with E-state index in [2.05, 4.69) is 38.2 Å². The Labute approximate surface area is 296 Å². The molecule has 0 atom stereocenters. The van der Waals surface area contributed by atoms with Gasteiger partial charge in [0, 0.05) is 29.9 Å². The maximum atomic E-state index is 10.3. The van der Waals surface area contributed by atoms with Crippen LogP contribution in [0.4, 0.5) is 0 Å². The number of unbranched alkanes of at least 4 members (excludes halogenated alkanes) is 22. The molecule has 0 unspecified atom stereocenters. The Balaban J connectivity index is -0.000000209. The van der Waals surface area contributed by atoms with Crippen LogP contribution in [0.5, 0.6) is 0 Å². The van der Waals surface area contributed by atoms with Crippen LogP contribution in [0.15, 0.2) is 24.3 Å². The van der Waals surface area contributed by atoms with E-state index in [1.165, 1.54) is 128 Å². The zero-order chi connectivity index (χ0) is 29.8. The Morgan fingerprint density at radius 3 is 1.05 bits per heavy atom. The molecule has 0 aliphatic heterocycles. The molecule has 0 radical (unpaired) electrons. The minimum atomic E-state index is -0.671. The van der Waals surface area contributed by atoms with E-state index in [4.69, 9.17) is 10.2 Å². The van der Waals surface area contributed by atoms with E-state index in [0.29, 0.717) is 12.8 Å². The van der Waals surface area contributed by atoms with Crippen LogP contribution in [0.2, 0.25) is 0 Å². The van der Waals surface area contributed by atoms with E-state index in [0.717, 1.165) is 38.5 Å². The van der Waals surface area contributed by atoms with Crippen molar-refractivity contribution in [3.05, 3.63) is 24.3 Å². The molecule has 0 aromatic heterocycles. The molecule has 0 fully saturated rings. The van der Waals surface area contributed by atoms with Crippen LogP contribution in [0.25, 0.3) is 0 Å². The van der Waals surface area contributed by atoms with Crippen LogP contribution < -0.4 is 29.6 Å². The maximum absolute atomic E-state index is 10.3. The summed E-state index contributed by atoms with van der Waals surface area (Å²) in [5, 5.41) is 17.0. The second-order valence-electron chi connectivity index (χ2n) is 11.5. The van der Waals surface area contributed by atoms with Gasteiger partial charge in [0.05, 0.1) is 0 Å². The number of allylic oxidation sites excluding steroid dienone is 4. The van der Waals surface area contributed by atoms with E-state index in [9.17, 15) is 9.59 Å². The monoisotopic (exact) mass is 644 g/mol. The molecular formula is C36H69FeNaO4. The van der Waals surface area contributed by atoms with Crippen LogP contribution in [0, 0.1) is 0 Å². The number of carboxylic acid groups (broad SMARTS) is 2. The predicted molar refractivity (Wildman–Crippen MR) is 175 cm³/mol. The molecule has 42 heavy (non-hydrogen) atoms. The summed E-state index contributed by atoms with van der Waals surface area (Å²) in [7, 11) is 0. The smallest absolute Gasteiger partial charge is 1.00 e. The first-order valence-electron chi connectivity index (χ1n) is 17.3. The van der Waals surface area contributed by atoms with Crippen molar-refractivity contribution in [3.63, 3.8) is 0 Å². The fourth-order valence-corrected chi connectivity index (χ4v) is 4.74. The molecule has 0 aromatic rings.